The van der Waals surface area contributed by atoms with E-state index in [1.807, 2.05) is 25.1 Å². The van der Waals surface area contributed by atoms with E-state index in [2.05, 4.69) is 4.98 Å². The third-order valence-electron chi connectivity index (χ3n) is 3.28. The number of H-pyrrole nitrogens is 1. The van der Waals surface area contributed by atoms with Gasteiger partial charge in [-0.05, 0) is 31.2 Å². The minimum atomic E-state index is -0.679. The Kier molecular flexibility index (Phi) is 3.07. The van der Waals surface area contributed by atoms with Crippen LogP contribution in [0.2, 0.25) is 5.02 Å². The van der Waals surface area contributed by atoms with Gasteiger partial charge in [0, 0.05) is 22.7 Å². The average molecular weight is 288 g/mol. The molecule has 0 bridgehead atoms. The SMILES string of the molecule is Cc1ccc2[nH]cc(C(=O)c3cccc(Cl)c3F)c2c1. The third-order valence-corrected chi connectivity index (χ3v) is 3.57. The summed E-state index contributed by atoms with van der Waals surface area (Å²) in [6, 6.07) is 10.2. The van der Waals surface area contributed by atoms with Crippen molar-refractivity contribution in [2.75, 3.05) is 0 Å². The van der Waals surface area contributed by atoms with E-state index >= 15 is 0 Å². The maximum absolute atomic E-state index is 14.0. The number of aromatic nitrogens is 1. The molecule has 0 aliphatic rings. The van der Waals surface area contributed by atoms with E-state index in [1.54, 1.807) is 12.3 Å². The Balaban J connectivity index is 2.18. The molecule has 0 aliphatic carbocycles. The van der Waals surface area contributed by atoms with Crippen LogP contribution in [0, 0.1) is 12.7 Å². The summed E-state index contributed by atoms with van der Waals surface area (Å²) >= 11 is 5.73. The quantitative estimate of drug-likeness (QED) is 0.692. The lowest BCUT2D eigenvalue weighted by atomic mass is 10.0. The first kappa shape index (κ1) is 12.9. The van der Waals surface area contributed by atoms with Crippen molar-refractivity contribution >= 4 is 28.3 Å². The van der Waals surface area contributed by atoms with Gasteiger partial charge in [0.1, 0.15) is 0 Å². The number of nitrogens with one attached hydrogen (secondary N) is 1. The zero-order chi connectivity index (χ0) is 14.3. The molecule has 20 heavy (non-hydrogen) atoms. The summed E-state index contributed by atoms with van der Waals surface area (Å²) < 4.78 is 14.0. The van der Waals surface area contributed by atoms with Gasteiger partial charge in [0.15, 0.2) is 11.6 Å². The molecule has 1 N–H and O–H groups in total. The van der Waals surface area contributed by atoms with Crippen LogP contribution in [0.15, 0.2) is 42.6 Å². The van der Waals surface area contributed by atoms with Crippen LogP contribution < -0.4 is 0 Å². The molecular weight excluding hydrogens is 277 g/mol. The molecule has 0 saturated carbocycles. The number of benzene rings is 2. The van der Waals surface area contributed by atoms with Crippen LogP contribution in [0.3, 0.4) is 0 Å². The fourth-order valence-electron chi connectivity index (χ4n) is 2.25. The highest BCUT2D eigenvalue weighted by molar-refractivity contribution is 6.31. The highest BCUT2D eigenvalue weighted by Crippen LogP contribution is 2.25. The number of hydrogen-bond acceptors (Lipinski definition) is 1. The summed E-state index contributed by atoms with van der Waals surface area (Å²) in [5, 5.41) is 0.737. The predicted molar refractivity (Wildman–Crippen MR) is 77.9 cm³/mol. The van der Waals surface area contributed by atoms with E-state index in [0.717, 1.165) is 16.5 Å². The molecule has 0 fully saturated rings. The van der Waals surface area contributed by atoms with E-state index in [0.29, 0.717) is 5.56 Å². The first-order valence-corrected chi connectivity index (χ1v) is 6.52. The molecule has 1 heterocycles. The Morgan fingerprint density at radius 3 is 2.80 bits per heavy atom. The molecule has 0 saturated heterocycles. The molecule has 0 aliphatic heterocycles. The maximum Gasteiger partial charge on any atom is 0.198 e. The Bertz CT molecular complexity index is 822. The molecule has 0 atom stereocenters. The minimum Gasteiger partial charge on any atom is -0.360 e. The number of halogens is 2. The monoisotopic (exact) mass is 287 g/mol. The smallest absolute Gasteiger partial charge is 0.198 e. The molecule has 3 rings (SSSR count). The Morgan fingerprint density at radius 1 is 1.20 bits per heavy atom. The molecule has 4 heteroatoms. The van der Waals surface area contributed by atoms with Gasteiger partial charge in [-0.2, -0.15) is 0 Å². The maximum atomic E-state index is 14.0. The van der Waals surface area contributed by atoms with Crippen LogP contribution >= 0.6 is 11.6 Å². The molecule has 3 aromatic rings. The number of rotatable bonds is 2. The van der Waals surface area contributed by atoms with E-state index in [9.17, 15) is 9.18 Å². The number of hydrogen-bond donors (Lipinski definition) is 1. The van der Waals surface area contributed by atoms with Gasteiger partial charge < -0.3 is 4.98 Å². The minimum absolute atomic E-state index is 0.0140. The van der Waals surface area contributed by atoms with Gasteiger partial charge in [0.25, 0.3) is 0 Å². The van der Waals surface area contributed by atoms with Crippen LogP contribution in [0.5, 0.6) is 0 Å². The number of fused-ring (bicyclic) bond motifs is 1. The number of ketones is 1. The van der Waals surface area contributed by atoms with Gasteiger partial charge in [-0.15, -0.1) is 0 Å². The summed E-state index contributed by atoms with van der Waals surface area (Å²) in [6.45, 7) is 1.95. The van der Waals surface area contributed by atoms with Crippen molar-refractivity contribution in [1.82, 2.24) is 4.98 Å². The van der Waals surface area contributed by atoms with Crippen molar-refractivity contribution < 1.29 is 9.18 Å². The largest absolute Gasteiger partial charge is 0.360 e. The standard InChI is InChI=1S/C16H11ClFNO/c1-9-5-6-14-11(7-9)12(8-19-14)16(20)10-3-2-4-13(17)15(10)18/h2-8,19H,1H3. The topological polar surface area (TPSA) is 32.9 Å². The van der Waals surface area contributed by atoms with Crippen molar-refractivity contribution in [1.29, 1.82) is 0 Å². The number of carbonyl (C=O) groups excluding carboxylic acids is 1. The number of aromatic amines is 1. The van der Waals surface area contributed by atoms with E-state index in [4.69, 9.17) is 11.6 Å². The molecule has 2 nitrogen and oxygen atoms in total. The van der Waals surface area contributed by atoms with Gasteiger partial charge >= 0.3 is 0 Å². The number of aryl methyl sites for hydroxylation is 1. The van der Waals surface area contributed by atoms with E-state index in [1.165, 1.54) is 12.1 Å². The zero-order valence-corrected chi connectivity index (χ0v) is 11.5. The third kappa shape index (κ3) is 2.00. The summed E-state index contributed by atoms with van der Waals surface area (Å²) in [7, 11) is 0. The van der Waals surface area contributed by atoms with Crippen LogP contribution in [0.4, 0.5) is 4.39 Å². The Labute approximate surface area is 120 Å². The normalized spacial score (nSPS) is 10.9. The highest BCUT2D eigenvalue weighted by Gasteiger charge is 2.19. The lowest BCUT2D eigenvalue weighted by Crippen LogP contribution is -2.04. The van der Waals surface area contributed by atoms with Crippen LogP contribution in [-0.4, -0.2) is 10.8 Å². The molecule has 0 amide bonds. The molecule has 1 aromatic heterocycles. The second kappa shape index (κ2) is 4.76. The second-order valence-electron chi connectivity index (χ2n) is 4.68. The Morgan fingerprint density at radius 2 is 2.00 bits per heavy atom. The van der Waals surface area contributed by atoms with Gasteiger partial charge in [0.05, 0.1) is 10.6 Å². The van der Waals surface area contributed by atoms with Crippen LogP contribution in [0.25, 0.3) is 10.9 Å². The van der Waals surface area contributed by atoms with Crippen molar-refractivity contribution in [3.63, 3.8) is 0 Å². The van der Waals surface area contributed by atoms with Crippen LogP contribution in [-0.2, 0) is 0 Å². The molecule has 0 radical (unpaired) electrons. The fourth-order valence-corrected chi connectivity index (χ4v) is 2.42. The lowest BCUT2D eigenvalue weighted by Gasteiger charge is -2.03. The van der Waals surface area contributed by atoms with Gasteiger partial charge in [-0.25, -0.2) is 4.39 Å². The van der Waals surface area contributed by atoms with Gasteiger partial charge in [0.2, 0.25) is 0 Å². The van der Waals surface area contributed by atoms with Crippen LogP contribution in [0.1, 0.15) is 21.5 Å². The summed E-state index contributed by atoms with van der Waals surface area (Å²) in [4.78, 5) is 15.5. The second-order valence-corrected chi connectivity index (χ2v) is 5.09. The molecular formula is C16H11ClFNO. The lowest BCUT2D eigenvalue weighted by molar-refractivity contribution is 0.103. The molecule has 2 aromatic carbocycles. The highest BCUT2D eigenvalue weighted by atomic mass is 35.5. The average Bonchev–Trinajstić information content (AvgIpc) is 2.84. The van der Waals surface area contributed by atoms with Crippen molar-refractivity contribution in [2.45, 2.75) is 6.92 Å². The first-order chi connectivity index (χ1) is 9.58. The summed E-state index contributed by atoms with van der Waals surface area (Å²) in [5.74, 6) is -1.05. The zero-order valence-electron chi connectivity index (χ0n) is 10.7. The van der Waals surface area contributed by atoms with Gasteiger partial charge in [-0.3, -0.25) is 4.79 Å². The molecule has 0 unspecified atom stereocenters. The predicted octanol–water partition coefficient (Wildman–Crippen LogP) is 4.50. The molecule has 100 valence electrons. The van der Waals surface area contributed by atoms with E-state index in [-0.39, 0.29) is 16.4 Å². The van der Waals surface area contributed by atoms with Gasteiger partial charge in [-0.1, -0.05) is 29.3 Å². The van der Waals surface area contributed by atoms with Crippen molar-refractivity contribution in [3.05, 3.63) is 70.1 Å². The van der Waals surface area contributed by atoms with Crippen molar-refractivity contribution in [2.24, 2.45) is 0 Å². The van der Waals surface area contributed by atoms with Crippen molar-refractivity contribution in [3.8, 4) is 0 Å². The molecule has 0 spiro atoms. The number of carbonyl (C=O) groups is 1. The Hall–Kier alpha value is -2.13. The van der Waals surface area contributed by atoms with E-state index < -0.39 is 5.82 Å². The summed E-state index contributed by atoms with van der Waals surface area (Å²) in [5.41, 5.74) is 2.32. The first-order valence-electron chi connectivity index (χ1n) is 6.14. The fraction of sp³-hybridized carbons (Fsp3) is 0.0625. The summed E-state index contributed by atoms with van der Waals surface area (Å²) in [6.07, 6.45) is 1.60.